The van der Waals surface area contributed by atoms with Crippen molar-refractivity contribution in [2.75, 3.05) is 37.6 Å². The van der Waals surface area contributed by atoms with Crippen molar-refractivity contribution in [3.63, 3.8) is 0 Å². The van der Waals surface area contributed by atoms with Gasteiger partial charge in [-0.1, -0.05) is 38.1 Å². The fraction of sp³-hybridized carbons (Fsp3) is 0.355. The lowest BCUT2D eigenvalue weighted by Gasteiger charge is -2.24. The van der Waals surface area contributed by atoms with Crippen LogP contribution in [0, 0.1) is 0 Å². The molecule has 0 bridgehead atoms. The Morgan fingerprint density at radius 2 is 1.74 bits per heavy atom. The van der Waals surface area contributed by atoms with Gasteiger partial charge >= 0.3 is 0 Å². The van der Waals surface area contributed by atoms with Crippen molar-refractivity contribution >= 4 is 28.6 Å². The van der Waals surface area contributed by atoms with Gasteiger partial charge in [-0.2, -0.15) is 5.10 Å². The van der Waals surface area contributed by atoms with E-state index in [0.717, 1.165) is 84.7 Å². The lowest BCUT2D eigenvalue weighted by atomic mass is 10.1. The predicted octanol–water partition coefficient (Wildman–Crippen LogP) is 6.83. The minimum absolute atomic E-state index is 0.751. The van der Waals surface area contributed by atoms with Crippen LogP contribution in [0.4, 0.5) is 11.5 Å². The number of ether oxygens (including phenoxy) is 2. The number of benzene rings is 2. The van der Waals surface area contributed by atoms with Crippen molar-refractivity contribution in [3.8, 4) is 11.5 Å². The number of aromatic amines is 1. The molecule has 0 radical (unpaired) electrons. The van der Waals surface area contributed by atoms with Crippen molar-refractivity contribution in [1.82, 2.24) is 9.97 Å². The molecule has 38 heavy (non-hydrogen) atoms. The molecule has 0 aliphatic carbocycles. The zero-order valence-electron chi connectivity index (χ0n) is 23.0. The topological polar surface area (TPSA) is 74.8 Å². The van der Waals surface area contributed by atoms with E-state index in [9.17, 15) is 0 Å². The molecule has 0 saturated heterocycles. The Morgan fingerprint density at radius 1 is 0.947 bits per heavy atom. The molecule has 200 valence electrons. The molecule has 0 fully saturated rings. The number of nitrogens with zero attached hydrogens (tertiary/aromatic N) is 3. The lowest BCUT2D eigenvalue weighted by molar-refractivity contribution is 0.354. The van der Waals surface area contributed by atoms with Crippen molar-refractivity contribution in [2.45, 2.75) is 46.0 Å². The molecule has 0 aliphatic heterocycles. The van der Waals surface area contributed by atoms with Gasteiger partial charge in [-0.25, -0.2) is 4.98 Å². The number of para-hydroxylation sites is 1. The maximum atomic E-state index is 5.47. The molecule has 0 saturated carbocycles. The predicted molar refractivity (Wildman–Crippen MR) is 158 cm³/mol. The summed E-state index contributed by atoms with van der Waals surface area (Å²) in [6, 6.07) is 18.7. The maximum Gasteiger partial charge on any atom is 0.160 e. The second kappa shape index (κ2) is 13.5. The summed E-state index contributed by atoms with van der Waals surface area (Å²) in [5.41, 5.74) is 8.80. The Balaban J connectivity index is 1.50. The first-order valence-electron chi connectivity index (χ1n) is 13.5. The lowest BCUT2D eigenvalue weighted by Crippen LogP contribution is -2.25. The summed E-state index contributed by atoms with van der Waals surface area (Å²) in [7, 11) is 3.33. The van der Waals surface area contributed by atoms with Crippen molar-refractivity contribution in [3.05, 3.63) is 77.6 Å². The summed E-state index contributed by atoms with van der Waals surface area (Å²) in [5, 5.41) is 5.68. The van der Waals surface area contributed by atoms with Crippen LogP contribution in [0.2, 0.25) is 0 Å². The van der Waals surface area contributed by atoms with Crippen LogP contribution in [0.3, 0.4) is 0 Å². The maximum absolute atomic E-state index is 5.47. The molecule has 0 atom stereocenters. The van der Waals surface area contributed by atoms with Crippen LogP contribution in [-0.2, 0) is 12.8 Å². The number of aryl methyl sites for hydroxylation is 2. The molecular weight excluding hydrogens is 474 g/mol. The van der Waals surface area contributed by atoms with Crippen LogP contribution in [-0.4, -0.2) is 43.5 Å². The number of rotatable bonds is 14. The second-order valence-electron chi connectivity index (χ2n) is 9.39. The Hall–Kier alpha value is -4.00. The summed E-state index contributed by atoms with van der Waals surface area (Å²) in [5.74, 6) is 2.28. The Kier molecular flexibility index (Phi) is 9.62. The van der Waals surface area contributed by atoms with Gasteiger partial charge in [-0.15, -0.1) is 0 Å². The molecule has 0 spiro atoms. The van der Waals surface area contributed by atoms with Gasteiger partial charge < -0.3 is 19.4 Å². The van der Waals surface area contributed by atoms with E-state index < -0.39 is 0 Å². The Labute approximate surface area is 225 Å². The van der Waals surface area contributed by atoms with Gasteiger partial charge in [0.25, 0.3) is 0 Å². The number of hydrazone groups is 1. The van der Waals surface area contributed by atoms with Gasteiger partial charge in [-0.05, 0) is 61.9 Å². The highest BCUT2D eigenvalue weighted by Gasteiger charge is 2.10. The van der Waals surface area contributed by atoms with E-state index in [2.05, 4.69) is 70.7 Å². The molecule has 0 aliphatic rings. The van der Waals surface area contributed by atoms with Gasteiger partial charge in [0.15, 0.2) is 11.5 Å². The number of H-pyrrole nitrogens is 1. The van der Waals surface area contributed by atoms with Gasteiger partial charge in [0.05, 0.1) is 20.4 Å². The van der Waals surface area contributed by atoms with Crippen LogP contribution in [0.25, 0.3) is 10.9 Å². The molecule has 2 N–H and O–H groups in total. The number of pyridine rings is 1. The van der Waals surface area contributed by atoms with E-state index in [1.807, 2.05) is 30.6 Å². The van der Waals surface area contributed by atoms with Crippen LogP contribution >= 0.6 is 0 Å². The molecular formula is C31H39N5O2. The number of nitrogens with one attached hydrogen (secondary N) is 2. The molecule has 0 amide bonds. The van der Waals surface area contributed by atoms with Crippen LogP contribution in [0.15, 0.2) is 65.9 Å². The van der Waals surface area contributed by atoms with Gasteiger partial charge in [0, 0.05) is 53.2 Å². The third-order valence-corrected chi connectivity index (χ3v) is 6.57. The first-order valence-corrected chi connectivity index (χ1v) is 13.5. The van der Waals surface area contributed by atoms with E-state index >= 15 is 0 Å². The minimum atomic E-state index is 0.751. The molecule has 2 aromatic carbocycles. The number of hydrogen-bond acceptors (Lipinski definition) is 6. The third-order valence-electron chi connectivity index (χ3n) is 6.57. The average Bonchev–Trinajstić information content (AvgIpc) is 3.36. The molecule has 4 aromatic rings. The fourth-order valence-electron chi connectivity index (χ4n) is 4.73. The highest BCUT2D eigenvalue weighted by atomic mass is 16.5. The monoisotopic (exact) mass is 513 g/mol. The third kappa shape index (κ3) is 6.85. The largest absolute Gasteiger partial charge is 0.493 e. The summed E-state index contributed by atoms with van der Waals surface area (Å²) in [4.78, 5) is 10.6. The molecule has 2 aromatic heterocycles. The number of methoxy groups -OCH3 is 2. The molecule has 7 nitrogen and oxygen atoms in total. The van der Waals surface area contributed by atoms with E-state index in [1.165, 1.54) is 11.3 Å². The van der Waals surface area contributed by atoms with E-state index in [-0.39, 0.29) is 0 Å². The second-order valence-corrected chi connectivity index (χ2v) is 9.39. The molecule has 2 heterocycles. The Bertz CT molecular complexity index is 1340. The van der Waals surface area contributed by atoms with Gasteiger partial charge in [-0.3, -0.25) is 5.43 Å². The standard InChI is InChI=1S/C31H39N5O2/c1-5-16-36(17-6-2)26-19-25(11-9-10-23-14-15-29(37-3)30(18-23)38-4)34-31(20-26)35-33-22-24-21-32-28-13-8-7-12-27(24)28/h7-8,12-15,18-22,32H,5-6,9-11,16-17H2,1-4H3,(H,34,35)/b33-22+. The highest BCUT2D eigenvalue weighted by molar-refractivity contribution is 5.99. The van der Waals surface area contributed by atoms with Crippen LogP contribution < -0.4 is 19.8 Å². The molecule has 4 rings (SSSR count). The first-order chi connectivity index (χ1) is 18.6. The molecule has 7 heteroatoms. The summed E-state index contributed by atoms with van der Waals surface area (Å²) in [6.45, 7) is 6.47. The summed E-state index contributed by atoms with van der Waals surface area (Å²) >= 11 is 0. The summed E-state index contributed by atoms with van der Waals surface area (Å²) in [6.07, 6.45) is 8.79. The summed E-state index contributed by atoms with van der Waals surface area (Å²) < 4.78 is 10.8. The average molecular weight is 514 g/mol. The number of aromatic nitrogens is 2. The van der Waals surface area contributed by atoms with E-state index in [1.54, 1.807) is 14.2 Å². The van der Waals surface area contributed by atoms with Gasteiger partial charge in [0.1, 0.15) is 5.82 Å². The van der Waals surface area contributed by atoms with Crippen LogP contribution in [0.1, 0.15) is 49.9 Å². The smallest absolute Gasteiger partial charge is 0.160 e. The Morgan fingerprint density at radius 3 is 2.50 bits per heavy atom. The normalized spacial score (nSPS) is 11.3. The molecule has 0 unspecified atom stereocenters. The highest BCUT2D eigenvalue weighted by Crippen LogP contribution is 2.28. The number of anilines is 2. The SMILES string of the molecule is CCCN(CCC)c1cc(CCCc2ccc(OC)c(OC)c2)nc(N/N=C/c2c[nH]c3ccccc23)c1. The fourth-order valence-corrected chi connectivity index (χ4v) is 4.73. The van der Waals surface area contributed by atoms with E-state index in [4.69, 9.17) is 14.5 Å². The first kappa shape index (κ1) is 27.0. The number of hydrogen-bond donors (Lipinski definition) is 2. The van der Waals surface area contributed by atoms with Crippen LogP contribution in [0.5, 0.6) is 11.5 Å². The zero-order chi connectivity index (χ0) is 26.7. The van der Waals surface area contributed by atoms with Crippen molar-refractivity contribution in [2.24, 2.45) is 5.10 Å². The quantitative estimate of drug-likeness (QED) is 0.143. The van der Waals surface area contributed by atoms with Crippen molar-refractivity contribution < 1.29 is 9.47 Å². The number of fused-ring (bicyclic) bond motifs is 1. The van der Waals surface area contributed by atoms with E-state index in [0.29, 0.717) is 0 Å². The van der Waals surface area contributed by atoms with Gasteiger partial charge in [0.2, 0.25) is 0 Å². The zero-order valence-corrected chi connectivity index (χ0v) is 23.0. The minimum Gasteiger partial charge on any atom is -0.493 e. The van der Waals surface area contributed by atoms with Crippen molar-refractivity contribution in [1.29, 1.82) is 0 Å².